The molecule has 0 fully saturated rings. The summed E-state index contributed by atoms with van der Waals surface area (Å²) in [5, 5.41) is 14.5. The van der Waals surface area contributed by atoms with Crippen LogP contribution >= 0.6 is 34.7 Å². The van der Waals surface area contributed by atoms with E-state index in [1.165, 1.54) is 11.8 Å². The molecule has 24 heavy (non-hydrogen) atoms. The maximum Gasteiger partial charge on any atom is 0.234 e. The fraction of sp³-hybridized carbons (Fsp3) is 0.188. The highest BCUT2D eigenvalue weighted by Gasteiger charge is 2.14. The Kier molecular flexibility index (Phi) is 5.23. The van der Waals surface area contributed by atoms with E-state index in [1.807, 2.05) is 42.1 Å². The molecule has 1 aromatic carbocycles. The summed E-state index contributed by atoms with van der Waals surface area (Å²) < 4.78 is 1.90. The second-order valence-electron chi connectivity index (χ2n) is 5.14. The van der Waals surface area contributed by atoms with Crippen LogP contribution in [0.3, 0.4) is 0 Å². The van der Waals surface area contributed by atoms with Crippen molar-refractivity contribution in [1.82, 2.24) is 14.8 Å². The van der Waals surface area contributed by atoms with Gasteiger partial charge < -0.3 is 9.88 Å². The van der Waals surface area contributed by atoms with Crippen molar-refractivity contribution in [2.24, 2.45) is 7.05 Å². The monoisotopic (exact) mass is 378 g/mol. The lowest BCUT2D eigenvalue weighted by atomic mass is 10.2. The Labute approximate surface area is 153 Å². The molecule has 0 aliphatic carbocycles. The molecule has 0 spiro atoms. The second kappa shape index (κ2) is 7.38. The Hall–Kier alpha value is -1.83. The number of hydrogen-bond acceptors (Lipinski definition) is 5. The fourth-order valence-electron chi connectivity index (χ4n) is 2.11. The minimum atomic E-state index is -0.106. The van der Waals surface area contributed by atoms with Gasteiger partial charge in [-0.3, -0.25) is 4.79 Å². The summed E-state index contributed by atoms with van der Waals surface area (Å²) in [6.07, 6.45) is 0. The van der Waals surface area contributed by atoms with Crippen LogP contribution in [-0.4, -0.2) is 26.4 Å². The summed E-state index contributed by atoms with van der Waals surface area (Å²) in [4.78, 5) is 13.2. The van der Waals surface area contributed by atoms with E-state index in [0.29, 0.717) is 10.2 Å². The molecular formula is C16H15ClN4OS2. The van der Waals surface area contributed by atoms with E-state index >= 15 is 0 Å². The standard InChI is InChI=1S/C16H15ClN4OS2/c1-10-5-6-11(17)8-12(10)18-14(22)9-24-16-20-19-15(21(16)2)13-4-3-7-23-13/h3-8H,9H2,1-2H3,(H,18,22). The average Bonchev–Trinajstić information content (AvgIpc) is 3.18. The molecule has 3 aromatic rings. The van der Waals surface area contributed by atoms with E-state index in [4.69, 9.17) is 11.6 Å². The molecule has 0 saturated heterocycles. The molecule has 0 unspecified atom stereocenters. The van der Waals surface area contributed by atoms with Gasteiger partial charge in [-0.1, -0.05) is 35.5 Å². The van der Waals surface area contributed by atoms with Gasteiger partial charge in [0.2, 0.25) is 5.91 Å². The molecule has 2 aromatic heterocycles. The molecule has 2 heterocycles. The first-order chi connectivity index (χ1) is 11.5. The van der Waals surface area contributed by atoms with E-state index < -0.39 is 0 Å². The van der Waals surface area contributed by atoms with Crippen molar-refractivity contribution in [1.29, 1.82) is 0 Å². The zero-order valence-corrected chi connectivity index (χ0v) is 15.5. The number of thioether (sulfide) groups is 1. The molecule has 0 radical (unpaired) electrons. The van der Waals surface area contributed by atoms with Crippen molar-refractivity contribution in [2.45, 2.75) is 12.1 Å². The topological polar surface area (TPSA) is 59.8 Å². The third kappa shape index (κ3) is 3.80. The van der Waals surface area contributed by atoms with Crippen molar-refractivity contribution in [3.05, 3.63) is 46.3 Å². The summed E-state index contributed by atoms with van der Waals surface area (Å²) in [6, 6.07) is 9.39. The van der Waals surface area contributed by atoms with E-state index in [1.54, 1.807) is 23.5 Å². The summed E-state index contributed by atoms with van der Waals surface area (Å²) in [7, 11) is 1.90. The van der Waals surface area contributed by atoms with Crippen molar-refractivity contribution in [3.63, 3.8) is 0 Å². The van der Waals surface area contributed by atoms with Crippen molar-refractivity contribution >= 4 is 46.3 Å². The first-order valence-electron chi connectivity index (χ1n) is 7.16. The second-order valence-corrected chi connectivity index (χ2v) is 7.47. The highest BCUT2D eigenvalue weighted by Crippen LogP contribution is 2.26. The van der Waals surface area contributed by atoms with Crippen LogP contribution in [-0.2, 0) is 11.8 Å². The average molecular weight is 379 g/mol. The summed E-state index contributed by atoms with van der Waals surface area (Å²) in [5.74, 6) is 0.951. The number of nitrogens with one attached hydrogen (secondary N) is 1. The molecule has 0 bridgehead atoms. The molecule has 0 atom stereocenters. The van der Waals surface area contributed by atoms with Gasteiger partial charge in [-0.05, 0) is 36.1 Å². The largest absolute Gasteiger partial charge is 0.325 e. The van der Waals surface area contributed by atoms with Gasteiger partial charge in [-0.25, -0.2) is 0 Å². The van der Waals surface area contributed by atoms with Crippen LogP contribution in [0.5, 0.6) is 0 Å². The molecule has 5 nitrogen and oxygen atoms in total. The van der Waals surface area contributed by atoms with Gasteiger partial charge in [0.05, 0.1) is 10.6 Å². The maximum atomic E-state index is 12.2. The van der Waals surface area contributed by atoms with Crippen LogP contribution in [0.4, 0.5) is 5.69 Å². The highest BCUT2D eigenvalue weighted by molar-refractivity contribution is 7.99. The number of thiophene rings is 1. The molecule has 8 heteroatoms. The van der Waals surface area contributed by atoms with Crippen molar-refractivity contribution in [2.75, 3.05) is 11.1 Å². The number of halogens is 1. The highest BCUT2D eigenvalue weighted by atomic mass is 35.5. The van der Waals surface area contributed by atoms with Crippen LogP contribution in [0.1, 0.15) is 5.56 Å². The number of rotatable bonds is 5. The predicted molar refractivity (Wildman–Crippen MR) is 99.9 cm³/mol. The van der Waals surface area contributed by atoms with E-state index in [-0.39, 0.29) is 11.7 Å². The summed E-state index contributed by atoms with van der Waals surface area (Å²) >= 11 is 8.93. The Balaban J connectivity index is 1.64. The Morgan fingerprint density at radius 1 is 1.38 bits per heavy atom. The van der Waals surface area contributed by atoms with Gasteiger partial charge in [0.1, 0.15) is 0 Å². The van der Waals surface area contributed by atoms with E-state index in [2.05, 4.69) is 15.5 Å². The number of carbonyl (C=O) groups is 1. The Morgan fingerprint density at radius 3 is 2.96 bits per heavy atom. The van der Waals surface area contributed by atoms with Gasteiger partial charge in [0, 0.05) is 17.8 Å². The Morgan fingerprint density at radius 2 is 2.21 bits per heavy atom. The first kappa shape index (κ1) is 17.0. The first-order valence-corrected chi connectivity index (χ1v) is 9.41. The number of hydrogen-bond donors (Lipinski definition) is 1. The smallest absolute Gasteiger partial charge is 0.234 e. The van der Waals surface area contributed by atoms with Gasteiger partial charge in [-0.15, -0.1) is 21.5 Å². The summed E-state index contributed by atoms with van der Waals surface area (Å²) in [5.41, 5.74) is 1.70. The van der Waals surface area contributed by atoms with Gasteiger partial charge in [0.15, 0.2) is 11.0 Å². The molecule has 1 N–H and O–H groups in total. The number of aromatic nitrogens is 3. The molecule has 3 rings (SSSR count). The van der Waals surface area contributed by atoms with Gasteiger partial charge >= 0.3 is 0 Å². The lowest BCUT2D eigenvalue weighted by molar-refractivity contribution is -0.113. The zero-order valence-electron chi connectivity index (χ0n) is 13.1. The maximum absolute atomic E-state index is 12.2. The van der Waals surface area contributed by atoms with Crippen LogP contribution < -0.4 is 5.32 Å². The number of aryl methyl sites for hydroxylation is 1. The van der Waals surface area contributed by atoms with Gasteiger partial charge in [0.25, 0.3) is 0 Å². The fourth-order valence-corrected chi connectivity index (χ4v) is 3.73. The number of anilines is 1. The summed E-state index contributed by atoms with van der Waals surface area (Å²) in [6.45, 7) is 1.93. The van der Waals surface area contributed by atoms with Crippen LogP contribution in [0.25, 0.3) is 10.7 Å². The van der Waals surface area contributed by atoms with Crippen LogP contribution in [0, 0.1) is 6.92 Å². The van der Waals surface area contributed by atoms with Crippen molar-refractivity contribution in [3.8, 4) is 10.7 Å². The third-order valence-corrected chi connectivity index (χ3v) is 5.50. The van der Waals surface area contributed by atoms with E-state index in [9.17, 15) is 4.79 Å². The molecule has 1 amide bonds. The molecular weight excluding hydrogens is 364 g/mol. The SMILES string of the molecule is Cc1ccc(Cl)cc1NC(=O)CSc1nnc(-c2cccs2)n1C. The molecule has 0 aliphatic rings. The molecule has 0 saturated carbocycles. The number of benzene rings is 1. The lowest BCUT2D eigenvalue weighted by Gasteiger charge is -2.08. The van der Waals surface area contributed by atoms with Crippen molar-refractivity contribution < 1.29 is 4.79 Å². The van der Waals surface area contributed by atoms with Gasteiger partial charge in [-0.2, -0.15) is 0 Å². The molecule has 0 aliphatic heterocycles. The van der Waals surface area contributed by atoms with E-state index in [0.717, 1.165) is 22.0 Å². The zero-order chi connectivity index (χ0) is 17.1. The Bertz CT molecular complexity index is 861. The number of carbonyl (C=O) groups excluding carboxylic acids is 1. The number of amides is 1. The number of nitrogens with zero attached hydrogens (tertiary/aromatic N) is 3. The molecule has 124 valence electrons. The van der Waals surface area contributed by atoms with Crippen LogP contribution in [0.2, 0.25) is 5.02 Å². The lowest BCUT2D eigenvalue weighted by Crippen LogP contribution is -2.15. The minimum Gasteiger partial charge on any atom is -0.325 e. The minimum absolute atomic E-state index is 0.106. The third-order valence-electron chi connectivity index (χ3n) is 3.38. The quantitative estimate of drug-likeness (QED) is 0.675. The normalized spacial score (nSPS) is 10.8. The predicted octanol–water partition coefficient (Wildman–Crippen LogP) is 4.24. The van der Waals surface area contributed by atoms with Crippen LogP contribution in [0.15, 0.2) is 40.9 Å².